The van der Waals surface area contributed by atoms with E-state index in [0.29, 0.717) is 4.90 Å². The zero-order valence-electron chi connectivity index (χ0n) is 10.6. The molecule has 1 N–H and O–H groups in total. The summed E-state index contributed by atoms with van der Waals surface area (Å²) in [5, 5.41) is 2.04. The summed E-state index contributed by atoms with van der Waals surface area (Å²) in [5.74, 6) is -2.95. The van der Waals surface area contributed by atoms with Crippen molar-refractivity contribution in [2.45, 2.75) is 18.4 Å². The molecule has 0 aromatic heterocycles. The van der Waals surface area contributed by atoms with Gasteiger partial charge in [0.2, 0.25) is 17.9 Å². The number of ether oxygens (including phenoxy) is 2. The molecule has 3 rings (SSSR count). The Bertz CT molecular complexity index is 617. The van der Waals surface area contributed by atoms with Crippen molar-refractivity contribution in [2.24, 2.45) is 0 Å². The molecular weight excluding hydrogens is 280 g/mol. The van der Waals surface area contributed by atoms with Crippen molar-refractivity contribution in [3.05, 3.63) is 36.6 Å². The maximum atomic E-state index is 12.1. The number of rotatable bonds is 3. The van der Waals surface area contributed by atoms with Gasteiger partial charge in [-0.2, -0.15) is 0 Å². The largest absolute Gasteiger partial charge is 0.469 e. The molecular formula is C13H10N2O6. The maximum absolute atomic E-state index is 12.1. The third kappa shape index (κ3) is 2.05. The number of carbonyl (C=O) groups excluding carboxylic acids is 4. The van der Waals surface area contributed by atoms with Crippen LogP contribution in [0.2, 0.25) is 0 Å². The Labute approximate surface area is 118 Å². The highest BCUT2D eigenvalue weighted by atomic mass is 16.7. The first-order valence-electron chi connectivity index (χ1n) is 6.10. The average molecular weight is 290 g/mol. The fourth-order valence-electron chi connectivity index (χ4n) is 2.28. The van der Waals surface area contributed by atoms with Crippen molar-refractivity contribution in [2.75, 3.05) is 0 Å². The fourth-order valence-corrected chi connectivity index (χ4v) is 2.28. The third-order valence-corrected chi connectivity index (χ3v) is 3.16. The fraction of sp³-hybridized carbons (Fsp3) is 0.231. The van der Waals surface area contributed by atoms with Crippen LogP contribution >= 0.6 is 0 Å². The van der Waals surface area contributed by atoms with Crippen molar-refractivity contribution in [3.63, 3.8) is 0 Å². The van der Waals surface area contributed by atoms with Crippen LogP contribution in [-0.4, -0.2) is 40.5 Å². The van der Waals surface area contributed by atoms with Crippen LogP contribution in [0.25, 0.3) is 0 Å². The summed E-state index contributed by atoms with van der Waals surface area (Å²) < 4.78 is 10.6. The first kappa shape index (κ1) is 13.3. The summed E-state index contributed by atoms with van der Waals surface area (Å²) in [5.41, 5.74) is -2.03. The van der Waals surface area contributed by atoms with Crippen LogP contribution in [0.3, 0.4) is 0 Å². The second-order valence-electron chi connectivity index (χ2n) is 4.52. The number of allylic oxidation sites excluding steroid dienone is 2. The van der Waals surface area contributed by atoms with Crippen LogP contribution in [0.1, 0.15) is 6.42 Å². The summed E-state index contributed by atoms with van der Waals surface area (Å²) >= 11 is 0. The number of amides is 4. The molecule has 1 saturated heterocycles. The molecule has 3 aliphatic rings. The lowest BCUT2D eigenvalue weighted by atomic mass is 10.1. The van der Waals surface area contributed by atoms with E-state index < -0.39 is 42.1 Å². The second kappa shape index (κ2) is 4.67. The Balaban J connectivity index is 1.96. The van der Waals surface area contributed by atoms with E-state index in [4.69, 9.17) is 9.47 Å². The Hall–Kier alpha value is -2.74. The minimum absolute atomic E-state index is 0.470. The Morgan fingerprint density at radius 3 is 2.43 bits per heavy atom. The molecule has 8 nitrogen and oxygen atoms in total. The lowest BCUT2D eigenvalue weighted by Crippen LogP contribution is -2.59. The summed E-state index contributed by atoms with van der Waals surface area (Å²) in [6.45, 7) is 0. The van der Waals surface area contributed by atoms with Gasteiger partial charge in [0.1, 0.15) is 0 Å². The molecule has 0 aliphatic carbocycles. The van der Waals surface area contributed by atoms with E-state index in [1.54, 1.807) is 12.2 Å². The lowest BCUT2D eigenvalue weighted by molar-refractivity contribution is -0.217. The van der Waals surface area contributed by atoms with Crippen molar-refractivity contribution >= 4 is 23.6 Å². The van der Waals surface area contributed by atoms with Crippen molar-refractivity contribution < 1.29 is 28.7 Å². The van der Waals surface area contributed by atoms with Gasteiger partial charge in [0.05, 0.1) is 12.7 Å². The highest BCUT2D eigenvalue weighted by Gasteiger charge is 2.58. The zero-order chi connectivity index (χ0) is 15.0. The predicted molar refractivity (Wildman–Crippen MR) is 65.7 cm³/mol. The predicted octanol–water partition coefficient (Wildman–Crippen LogP) is -0.903. The number of nitrogens with zero attached hydrogens (tertiary/aromatic N) is 1. The first-order chi connectivity index (χ1) is 10.0. The molecule has 1 fully saturated rings. The summed E-state index contributed by atoms with van der Waals surface area (Å²) in [6.07, 6.45) is 6.59. The molecule has 0 spiro atoms. The van der Waals surface area contributed by atoms with Crippen LogP contribution in [0.4, 0.5) is 0 Å². The number of carbonyl (C=O) groups is 4. The van der Waals surface area contributed by atoms with Crippen LogP contribution in [0.15, 0.2) is 36.6 Å². The minimum Gasteiger partial charge on any atom is -0.469 e. The molecule has 3 aliphatic heterocycles. The monoisotopic (exact) mass is 290 g/mol. The van der Waals surface area contributed by atoms with Gasteiger partial charge in [-0.25, -0.2) is 4.90 Å². The molecule has 0 bridgehead atoms. The Kier molecular flexibility index (Phi) is 2.95. The van der Waals surface area contributed by atoms with Crippen LogP contribution in [-0.2, 0) is 28.7 Å². The zero-order valence-corrected chi connectivity index (χ0v) is 10.6. The van der Waals surface area contributed by atoms with E-state index in [1.807, 2.05) is 5.32 Å². The van der Waals surface area contributed by atoms with E-state index in [-0.39, 0.29) is 0 Å². The summed E-state index contributed by atoms with van der Waals surface area (Å²) in [7, 11) is 0. The molecule has 8 heteroatoms. The van der Waals surface area contributed by atoms with Gasteiger partial charge in [-0.05, 0) is 12.2 Å². The van der Waals surface area contributed by atoms with E-state index in [0.717, 1.165) is 12.2 Å². The van der Waals surface area contributed by atoms with E-state index in [2.05, 4.69) is 0 Å². The third-order valence-electron chi connectivity index (χ3n) is 3.16. The lowest BCUT2D eigenvalue weighted by Gasteiger charge is -2.35. The standard InChI is InChI=1S/C13H10N2O6/c16-8-7-13(12(19)14-8,15-9(17)4-5-10(15)18)21-11-3-1-2-6-20-11/h1-6,11H,7H2,(H,14,16,19). The molecule has 0 aromatic rings. The summed E-state index contributed by atoms with van der Waals surface area (Å²) in [4.78, 5) is 48.0. The molecule has 3 heterocycles. The molecule has 108 valence electrons. The highest BCUT2D eigenvalue weighted by molar-refractivity contribution is 6.19. The number of imide groups is 2. The molecule has 4 amide bonds. The summed E-state index contributed by atoms with van der Waals surface area (Å²) in [6, 6.07) is 0. The van der Waals surface area contributed by atoms with Crippen LogP contribution in [0, 0.1) is 0 Å². The van der Waals surface area contributed by atoms with Crippen molar-refractivity contribution in [1.29, 1.82) is 0 Å². The van der Waals surface area contributed by atoms with Gasteiger partial charge in [0, 0.05) is 12.2 Å². The van der Waals surface area contributed by atoms with Gasteiger partial charge < -0.3 is 9.47 Å². The van der Waals surface area contributed by atoms with Gasteiger partial charge in [-0.3, -0.25) is 24.5 Å². The number of hydrogen-bond acceptors (Lipinski definition) is 6. The SMILES string of the molecule is O=C1CC(OC2C=CC=CO2)(N2C(=O)C=CC2=O)C(=O)N1. The van der Waals surface area contributed by atoms with Gasteiger partial charge >= 0.3 is 0 Å². The Morgan fingerprint density at radius 1 is 1.19 bits per heavy atom. The van der Waals surface area contributed by atoms with Crippen LogP contribution in [0.5, 0.6) is 0 Å². The molecule has 0 aromatic carbocycles. The van der Waals surface area contributed by atoms with E-state index in [1.165, 1.54) is 12.3 Å². The second-order valence-corrected chi connectivity index (χ2v) is 4.52. The normalized spacial score (nSPS) is 31.0. The van der Waals surface area contributed by atoms with E-state index in [9.17, 15) is 19.2 Å². The topological polar surface area (TPSA) is 102 Å². The number of nitrogens with one attached hydrogen (secondary N) is 1. The first-order valence-corrected chi connectivity index (χ1v) is 6.10. The molecule has 2 atom stereocenters. The molecule has 21 heavy (non-hydrogen) atoms. The molecule has 0 saturated carbocycles. The van der Waals surface area contributed by atoms with Gasteiger partial charge in [-0.1, -0.05) is 6.08 Å². The quantitative estimate of drug-likeness (QED) is 0.676. The van der Waals surface area contributed by atoms with E-state index >= 15 is 0 Å². The maximum Gasteiger partial charge on any atom is 0.281 e. The van der Waals surface area contributed by atoms with Crippen LogP contribution < -0.4 is 5.32 Å². The van der Waals surface area contributed by atoms with Gasteiger partial charge in [0.25, 0.3) is 17.7 Å². The van der Waals surface area contributed by atoms with Crippen molar-refractivity contribution in [1.82, 2.24) is 10.2 Å². The van der Waals surface area contributed by atoms with Gasteiger partial charge in [-0.15, -0.1) is 0 Å². The average Bonchev–Trinajstić information content (AvgIpc) is 2.91. The van der Waals surface area contributed by atoms with Gasteiger partial charge in [0.15, 0.2) is 0 Å². The molecule has 2 unspecified atom stereocenters. The van der Waals surface area contributed by atoms with Crippen molar-refractivity contribution in [3.8, 4) is 0 Å². The number of hydrogen-bond donors (Lipinski definition) is 1. The smallest absolute Gasteiger partial charge is 0.281 e. The minimum atomic E-state index is -2.03. The highest BCUT2D eigenvalue weighted by Crippen LogP contribution is 2.32. The Morgan fingerprint density at radius 2 is 1.90 bits per heavy atom. The molecule has 0 radical (unpaired) electrons.